The first-order chi connectivity index (χ1) is 13.2. The Balaban J connectivity index is 1.72. The van der Waals surface area contributed by atoms with Crippen LogP contribution < -0.4 is 0 Å². The smallest absolute Gasteiger partial charge is 0.270 e. The largest absolute Gasteiger partial charge is 0.448 e. The van der Waals surface area contributed by atoms with E-state index in [2.05, 4.69) is 28.1 Å². The zero-order valence-electron chi connectivity index (χ0n) is 15.1. The second-order valence-electron chi connectivity index (χ2n) is 7.06. The quantitative estimate of drug-likeness (QED) is 0.651. The van der Waals surface area contributed by atoms with E-state index in [-0.39, 0.29) is 18.6 Å². The average Bonchev–Trinajstić information content (AvgIpc) is 3.20. The van der Waals surface area contributed by atoms with Crippen LogP contribution in [0.2, 0.25) is 0 Å². The predicted octanol–water partition coefficient (Wildman–Crippen LogP) is 4.42. The van der Waals surface area contributed by atoms with Gasteiger partial charge in [-0.2, -0.15) is 0 Å². The number of halogens is 1. The van der Waals surface area contributed by atoms with E-state index in [0.29, 0.717) is 28.9 Å². The molecule has 1 aliphatic rings. The van der Waals surface area contributed by atoms with Crippen molar-refractivity contribution in [1.82, 2.24) is 9.47 Å². The summed E-state index contributed by atoms with van der Waals surface area (Å²) >= 11 is 3.39. The van der Waals surface area contributed by atoms with Gasteiger partial charge >= 0.3 is 0 Å². The number of fused-ring (bicyclic) bond motifs is 1. The summed E-state index contributed by atoms with van der Waals surface area (Å²) in [5, 5.41) is 9.39. The minimum atomic E-state index is 0.0200. The Kier molecular flexibility index (Phi) is 5.36. The second-order valence-corrected chi connectivity index (χ2v) is 7.84. The lowest BCUT2D eigenvalue weighted by molar-refractivity contribution is 0.0564. The van der Waals surface area contributed by atoms with Crippen LogP contribution in [0.15, 0.2) is 51.6 Å². The van der Waals surface area contributed by atoms with Crippen molar-refractivity contribution in [3.8, 4) is 0 Å². The molecule has 1 atom stereocenters. The summed E-state index contributed by atoms with van der Waals surface area (Å²) in [5.74, 6) is 0.0200. The van der Waals surface area contributed by atoms with Crippen molar-refractivity contribution in [2.45, 2.75) is 38.3 Å². The zero-order valence-corrected chi connectivity index (χ0v) is 16.7. The van der Waals surface area contributed by atoms with Gasteiger partial charge in [0.25, 0.3) is 5.91 Å². The molecule has 27 heavy (non-hydrogen) atoms. The molecule has 0 radical (unpaired) electrons. The van der Waals surface area contributed by atoms with Crippen molar-refractivity contribution in [1.29, 1.82) is 0 Å². The van der Waals surface area contributed by atoms with Gasteiger partial charge in [-0.15, -0.1) is 0 Å². The molecular formula is C21H23BrN2O3. The average molecular weight is 431 g/mol. The molecule has 142 valence electrons. The maximum absolute atomic E-state index is 13.4. The van der Waals surface area contributed by atoms with Gasteiger partial charge in [0.2, 0.25) is 0 Å². The number of carbonyl (C=O) groups excluding carboxylic acids is 1. The van der Waals surface area contributed by atoms with E-state index in [4.69, 9.17) is 4.42 Å². The van der Waals surface area contributed by atoms with Crippen LogP contribution in [0.3, 0.4) is 0 Å². The highest BCUT2D eigenvalue weighted by atomic mass is 79.9. The number of hydrogen-bond acceptors (Lipinski definition) is 3. The number of aliphatic hydroxyl groups is 1. The van der Waals surface area contributed by atoms with E-state index in [1.54, 1.807) is 0 Å². The molecule has 2 aromatic heterocycles. The third-order valence-corrected chi connectivity index (χ3v) is 5.70. The summed E-state index contributed by atoms with van der Waals surface area (Å²) < 4.78 is 8.41. The third kappa shape index (κ3) is 3.69. The molecule has 0 saturated carbocycles. The summed E-state index contributed by atoms with van der Waals surface area (Å²) in [5.41, 5.74) is 3.39. The molecule has 1 saturated heterocycles. The summed E-state index contributed by atoms with van der Waals surface area (Å²) in [6, 6.07) is 14.0. The standard InChI is InChI=1S/C21H23BrN2O3/c22-20-13-17-19(27-20)12-18(24(17)14-15-6-2-1-3-7-15)21(26)23-10-5-4-8-16(23)9-11-25/h1-3,6-7,12-13,16,25H,4-5,8-11,14H2. The fourth-order valence-electron chi connectivity index (χ4n) is 3.99. The van der Waals surface area contributed by atoms with E-state index >= 15 is 0 Å². The van der Waals surface area contributed by atoms with Crippen molar-refractivity contribution in [3.05, 3.63) is 58.4 Å². The van der Waals surface area contributed by atoms with E-state index < -0.39 is 0 Å². The van der Waals surface area contributed by atoms with Crippen molar-refractivity contribution >= 4 is 32.9 Å². The first kappa shape index (κ1) is 18.3. The van der Waals surface area contributed by atoms with Crippen LogP contribution in [0.4, 0.5) is 0 Å². The van der Waals surface area contributed by atoms with E-state index in [1.165, 1.54) is 0 Å². The second kappa shape index (κ2) is 7.90. The molecule has 3 heterocycles. The van der Waals surface area contributed by atoms with E-state index in [0.717, 1.165) is 36.9 Å². The van der Waals surface area contributed by atoms with Gasteiger partial charge in [-0.05, 0) is 47.2 Å². The number of furan rings is 1. The van der Waals surface area contributed by atoms with Gasteiger partial charge < -0.3 is 19.0 Å². The summed E-state index contributed by atoms with van der Waals surface area (Å²) in [7, 11) is 0. The number of aromatic nitrogens is 1. The van der Waals surface area contributed by atoms with Crippen LogP contribution >= 0.6 is 15.9 Å². The number of benzene rings is 1. The molecule has 1 aliphatic heterocycles. The lowest BCUT2D eigenvalue weighted by atomic mass is 9.99. The van der Waals surface area contributed by atoms with Gasteiger partial charge in [0, 0.05) is 37.9 Å². The van der Waals surface area contributed by atoms with Crippen LogP contribution in [-0.4, -0.2) is 39.7 Å². The number of likely N-dealkylation sites (tertiary alicyclic amines) is 1. The number of amides is 1. The molecule has 1 unspecified atom stereocenters. The maximum atomic E-state index is 13.4. The van der Waals surface area contributed by atoms with Gasteiger partial charge in [-0.3, -0.25) is 4.79 Å². The van der Waals surface area contributed by atoms with Gasteiger partial charge in [0.05, 0.1) is 5.52 Å². The Morgan fingerprint density at radius 2 is 2.04 bits per heavy atom. The van der Waals surface area contributed by atoms with Crippen LogP contribution in [0.5, 0.6) is 0 Å². The maximum Gasteiger partial charge on any atom is 0.270 e. The number of hydrogen-bond donors (Lipinski definition) is 1. The highest BCUT2D eigenvalue weighted by Crippen LogP contribution is 2.30. The number of carbonyl (C=O) groups is 1. The van der Waals surface area contributed by atoms with Crippen molar-refractivity contribution < 1.29 is 14.3 Å². The monoisotopic (exact) mass is 430 g/mol. The van der Waals surface area contributed by atoms with Gasteiger partial charge in [0.15, 0.2) is 10.3 Å². The molecule has 0 bridgehead atoms. The number of aliphatic hydroxyl groups excluding tert-OH is 1. The molecule has 0 spiro atoms. The lowest BCUT2D eigenvalue weighted by Crippen LogP contribution is -2.44. The minimum absolute atomic E-state index is 0.0200. The normalized spacial score (nSPS) is 17.6. The fraction of sp³-hybridized carbons (Fsp3) is 0.381. The topological polar surface area (TPSA) is 58.6 Å². The molecule has 0 aliphatic carbocycles. The molecule has 1 amide bonds. The fourth-order valence-corrected chi connectivity index (χ4v) is 4.38. The molecule has 1 fully saturated rings. The van der Waals surface area contributed by atoms with E-state index in [1.807, 2.05) is 39.8 Å². The molecule has 3 aromatic rings. The summed E-state index contributed by atoms with van der Waals surface area (Å²) in [6.45, 7) is 1.45. The molecule has 4 rings (SSSR count). The highest BCUT2D eigenvalue weighted by Gasteiger charge is 2.30. The molecule has 1 aromatic carbocycles. The molecule has 5 nitrogen and oxygen atoms in total. The van der Waals surface area contributed by atoms with Crippen LogP contribution in [-0.2, 0) is 6.54 Å². The Hall–Kier alpha value is -2.05. The summed E-state index contributed by atoms with van der Waals surface area (Å²) in [6.07, 6.45) is 3.70. The van der Waals surface area contributed by atoms with Crippen LogP contribution in [0.1, 0.15) is 41.7 Å². The summed E-state index contributed by atoms with van der Waals surface area (Å²) in [4.78, 5) is 15.4. The van der Waals surface area contributed by atoms with Crippen molar-refractivity contribution in [2.75, 3.05) is 13.2 Å². The Morgan fingerprint density at radius 3 is 2.81 bits per heavy atom. The van der Waals surface area contributed by atoms with Gasteiger partial charge in [-0.25, -0.2) is 0 Å². The number of rotatable bonds is 5. The van der Waals surface area contributed by atoms with E-state index in [9.17, 15) is 9.90 Å². The minimum Gasteiger partial charge on any atom is -0.448 e. The first-order valence-corrected chi connectivity index (χ1v) is 10.2. The van der Waals surface area contributed by atoms with Crippen LogP contribution in [0, 0.1) is 0 Å². The Bertz CT molecular complexity index is 930. The van der Waals surface area contributed by atoms with Crippen molar-refractivity contribution in [2.24, 2.45) is 0 Å². The molecule has 6 heteroatoms. The van der Waals surface area contributed by atoms with Crippen LogP contribution in [0.25, 0.3) is 11.1 Å². The predicted molar refractivity (Wildman–Crippen MR) is 108 cm³/mol. The Labute approximate surface area is 166 Å². The molecular weight excluding hydrogens is 408 g/mol. The number of nitrogens with zero attached hydrogens (tertiary/aromatic N) is 2. The first-order valence-electron chi connectivity index (χ1n) is 9.41. The van der Waals surface area contributed by atoms with Crippen molar-refractivity contribution in [3.63, 3.8) is 0 Å². The number of piperidine rings is 1. The SMILES string of the molecule is O=C(c1cc2oc(Br)cc2n1Cc1ccccc1)N1CCCCC1CCO. The lowest BCUT2D eigenvalue weighted by Gasteiger charge is -2.35. The highest BCUT2D eigenvalue weighted by molar-refractivity contribution is 9.10. The molecule has 1 N–H and O–H groups in total. The van der Waals surface area contributed by atoms with Gasteiger partial charge in [-0.1, -0.05) is 30.3 Å². The Morgan fingerprint density at radius 1 is 1.22 bits per heavy atom. The zero-order chi connectivity index (χ0) is 18.8. The third-order valence-electron chi connectivity index (χ3n) is 5.31. The van der Waals surface area contributed by atoms with Gasteiger partial charge in [0.1, 0.15) is 5.69 Å².